The summed E-state index contributed by atoms with van der Waals surface area (Å²) in [6.45, 7) is 4.74. The summed E-state index contributed by atoms with van der Waals surface area (Å²) in [4.78, 5) is 0.728. The van der Waals surface area contributed by atoms with Gasteiger partial charge >= 0.3 is 0 Å². The molecule has 1 aromatic rings. The molecule has 0 radical (unpaired) electrons. The molecule has 8 heteroatoms. The summed E-state index contributed by atoms with van der Waals surface area (Å²) >= 11 is 12.5. The van der Waals surface area contributed by atoms with E-state index in [4.69, 9.17) is 32.5 Å². The molecular formula is C11H16ClO3PS3. The smallest absolute Gasteiger partial charge is 0.248 e. The number of hydrogen-bond acceptors (Lipinski definition) is 5. The third-order valence-corrected chi connectivity index (χ3v) is 9.87. The first kappa shape index (κ1) is 17.6. The second-order valence-corrected chi connectivity index (χ2v) is 11.9. The molecule has 0 amide bonds. The molecule has 108 valence electrons. The highest BCUT2D eigenvalue weighted by Gasteiger charge is 2.20. The Morgan fingerprint density at radius 1 is 1.26 bits per heavy atom. The zero-order chi connectivity index (χ0) is 14.3. The third kappa shape index (κ3) is 6.25. The van der Waals surface area contributed by atoms with Crippen LogP contribution in [-0.2, 0) is 31.7 Å². The van der Waals surface area contributed by atoms with Gasteiger partial charge < -0.3 is 9.05 Å². The highest BCUT2D eigenvalue weighted by atomic mass is 35.5. The molecule has 0 heterocycles. The zero-order valence-corrected chi connectivity index (χ0v) is 14.8. The van der Waals surface area contributed by atoms with Crippen molar-refractivity contribution in [2.75, 3.05) is 18.3 Å². The van der Waals surface area contributed by atoms with Crippen LogP contribution in [0.25, 0.3) is 0 Å². The van der Waals surface area contributed by atoms with E-state index in [0.717, 1.165) is 4.90 Å². The van der Waals surface area contributed by atoms with Crippen molar-refractivity contribution >= 4 is 51.3 Å². The standard InChI is InChI=1S/C11H16ClO3PS3/c1-3-14-16(17,15-4-2)18-9-19(13)11-7-5-10(12)6-8-11/h5-8H,3-4,9H2,1-2H3. The van der Waals surface area contributed by atoms with E-state index < -0.39 is 16.5 Å². The lowest BCUT2D eigenvalue weighted by Crippen LogP contribution is -1.98. The Morgan fingerprint density at radius 2 is 1.79 bits per heavy atom. The Balaban J connectivity index is 2.61. The van der Waals surface area contributed by atoms with Crippen LogP contribution in [0.2, 0.25) is 5.02 Å². The van der Waals surface area contributed by atoms with Gasteiger partial charge in [-0.2, -0.15) is 0 Å². The zero-order valence-electron chi connectivity index (χ0n) is 10.7. The summed E-state index contributed by atoms with van der Waals surface area (Å²) in [7, 11) is -1.14. The van der Waals surface area contributed by atoms with E-state index in [1.165, 1.54) is 11.4 Å². The number of hydrogen-bond donors (Lipinski definition) is 0. The quantitative estimate of drug-likeness (QED) is 0.642. The fourth-order valence-corrected chi connectivity index (χ4v) is 8.96. The van der Waals surface area contributed by atoms with Gasteiger partial charge in [0.15, 0.2) is 0 Å². The van der Waals surface area contributed by atoms with Crippen molar-refractivity contribution in [1.29, 1.82) is 0 Å². The maximum atomic E-state index is 12.1. The summed E-state index contributed by atoms with van der Waals surface area (Å²) in [5, 5.41) is 0.987. The van der Waals surface area contributed by atoms with Gasteiger partial charge in [0.2, 0.25) is 5.69 Å². The second-order valence-electron chi connectivity index (χ2n) is 3.33. The van der Waals surface area contributed by atoms with E-state index in [-0.39, 0.29) is 0 Å². The molecule has 19 heavy (non-hydrogen) atoms. The first-order valence-corrected chi connectivity index (χ1v) is 11.6. The average molecular weight is 359 g/mol. The van der Waals surface area contributed by atoms with Crippen molar-refractivity contribution in [3.63, 3.8) is 0 Å². The topological polar surface area (TPSA) is 35.5 Å². The molecule has 1 unspecified atom stereocenters. The number of benzene rings is 1. The lowest BCUT2D eigenvalue weighted by Gasteiger charge is -2.19. The lowest BCUT2D eigenvalue weighted by atomic mass is 10.4. The molecule has 0 aliphatic heterocycles. The van der Waals surface area contributed by atoms with Crippen molar-refractivity contribution in [3.05, 3.63) is 29.3 Å². The SMILES string of the molecule is CCOP(=S)(OCC)SCS(=O)c1ccc(Cl)cc1. The Labute approximate surface area is 130 Å². The van der Waals surface area contributed by atoms with Crippen LogP contribution in [0.1, 0.15) is 13.8 Å². The molecular weight excluding hydrogens is 343 g/mol. The largest absolute Gasteiger partial charge is 0.322 e. The minimum Gasteiger partial charge on any atom is -0.322 e. The molecule has 1 atom stereocenters. The van der Waals surface area contributed by atoms with Gasteiger partial charge in [-0.1, -0.05) is 23.0 Å². The summed E-state index contributed by atoms with van der Waals surface area (Å²) < 4.78 is 23.1. The molecule has 0 aromatic heterocycles. The fourth-order valence-electron chi connectivity index (χ4n) is 1.19. The highest BCUT2D eigenvalue weighted by Crippen LogP contribution is 2.61. The van der Waals surface area contributed by atoms with Gasteiger partial charge in [-0.15, -0.1) is 0 Å². The molecule has 1 aromatic carbocycles. The number of halogens is 1. The van der Waals surface area contributed by atoms with Crippen LogP contribution in [0.4, 0.5) is 0 Å². The highest BCUT2D eigenvalue weighted by molar-refractivity contribution is 8.69. The Kier molecular flexibility index (Phi) is 8.14. The minimum absolute atomic E-state index is 0.360. The molecule has 0 spiro atoms. The molecule has 0 bridgehead atoms. The Bertz CT molecular complexity index is 457. The van der Waals surface area contributed by atoms with Crippen molar-refractivity contribution < 1.29 is 13.3 Å². The third-order valence-electron chi connectivity index (χ3n) is 1.97. The van der Waals surface area contributed by atoms with Crippen LogP contribution in [0.15, 0.2) is 29.2 Å². The van der Waals surface area contributed by atoms with Crippen molar-refractivity contribution in [2.24, 2.45) is 0 Å². The molecule has 0 saturated heterocycles. The molecule has 3 nitrogen and oxygen atoms in total. The lowest BCUT2D eigenvalue weighted by molar-refractivity contribution is 0.280. The molecule has 0 aliphatic rings. The summed E-state index contributed by atoms with van der Waals surface area (Å²) in [6, 6.07) is 6.95. The van der Waals surface area contributed by atoms with Crippen LogP contribution < -0.4 is 0 Å². The second kappa shape index (κ2) is 8.78. The van der Waals surface area contributed by atoms with Crippen molar-refractivity contribution in [1.82, 2.24) is 0 Å². The van der Waals surface area contributed by atoms with Gasteiger partial charge in [0.05, 0.1) is 29.1 Å². The van der Waals surface area contributed by atoms with Crippen LogP contribution >= 0.6 is 28.7 Å². The monoisotopic (exact) mass is 358 g/mol. The maximum Gasteiger partial charge on any atom is 0.248 e. The predicted molar refractivity (Wildman–Crippen MR) is 87.9 cm³/mol. The first-order chi connectivity index (χ1) is 9.00. The Morgan fingerprint density at radius 3 is 2.26 bits per heavy atom. The number of rotatable bonds is 8. The summed E-state index contributed by atoms with van der Waals surface area (Å²) in [5.41, 5.74) is -2.37. The fraction of sp³-hybridized carbons (Fsp3) is 0.455. The van der Waals surface area contributed by atoms with Gasteiger partial charge in [-0.25, -0.2) is 0 Å². The molecule has 0 N–H and O–H groups in total. The van der Waals surface area contributed by atoms with Gasteiger partial charge in [0.25, 0.3) is 0 Å². The van der Waals surface area contributed by atoms with E-state index >= 15 is 0 Å². The maximum absolute atomic E-state index is 12.1. The van der Waals surface area contributed by atoms with E-state index in [1.54, 1.807) is 24.3 Å². The molecule has 0 fully saturated rings. The van der Waals surface area contributed by atoms with Crippen LogP contribution in [0.3, 0.4) is 0 Å². The minimum atomic E-state index is -2.37. The predicted octanol–water partition coefficient (Wildman–Crippen LogP) is 4.44. The van der Waals surface area contributed by atoms with E-state index in [0.29, 0.717) is 23.3 Å². The van der Waals surface area contributed by atoms with Gasteiger partial charge in [-0.05, 0) is 49.9 Å². The molecule has 0 aliphatic carbocycles. The van der Waals surface area contributed by atoms with Gasteiger partial charge in [0, 0.05) is 9.92 Å². The van der Waals surface area contributed by atoms with E-state index in [9.17, 15) is 4.21 Å². The van der Waals surface area contributed by atoms with Gasteiger partial charge in [-0.3, -0.25) is 4.21 Å². The first-order valence-electron chi connectivity index (χ1n) is 5.68. The summed E-state index contributed by atoms with van der Waals surface area (Å²) in [6.07, 6.45) is 0. The molecule has 1 rings (SSSR count). The van der Waals surface area contributed by atoms with Crippen molar-refractivity contribution in [2.45, 2.75) is 18.7 Å². The average Bonchev–Trinajstić information content (AvgIpc) is 2.37. The Hall–Kier alpha value is 0.580. The normalized spacial score (nSPS) is 13.4. The van der Waals surface area contributed by atoms with E-state index in [1.807, 2.05) is 13.8 Å². The van der Waals surface area contributed by atoms with E-state index in [2.05, 4.69) is 0 Å². The summed E-state index contributed by atoms with van der Waals surface area (Å²) in [5.74, 6) is 0. The van der Waals surface area contributed by atoms with Crippen LogP contribution in [0.5, 0.6) is 0 Å². The van der Waals surface area contributed by atoms with Crippen molar-refractivity contribution in [3.8, 4) is 0 Å². The van der Waals surface area contributed by atoms with Crippen LogP contribution in [-0.4, -0.2) is 22.5 Å². The van der Waals surface area contributed by atoms with Crippen LogP contribution in [0, 0.1) is 0 Å². The van der Waals surface area contributed by atoms with Gasteiger partial charge in [0.1, 0.15) is 0 Å². The molecule has 0 saturated carbocycles.